The lowest BCUT2D eigenvalue weighted by Crippen LogP contribution is -2.44. The van der Waals surface area contributed by atoms with E-state index in [9.17, 15) is 10.1 Å². The van der Waals surface area contributed by atoms with Crippen molar-refractivity contribution in [2.75, 3.05) is 37.6 Å². The highest BCUT2D eigenvalue weighted by molar-refractivity contribution is 7.99. The van der Waals surface area contributed by atoms with Crippen molar-refractivity contribution in [1.82, 2.24) is 15.2 Å². The number of aromatic nitrogens is 1. The summed E-state index contributed by atoms with van der Waals surface area (Å²) in [7, 11) is 0. The van der Waals surface area contributed by atoms with Crippen molar-refractivity contribution in [2.45, 2.75) is 55.3 Å². The Labute approximate surface area is 217 Å². The molecule has 6 nitrogen and oxygen atoms in total. The number of halogens is 1. The van der Waals surface area contributed by atoms with Crippen molar-refractivity contribution in [3.63, 3.8) is 0 Å². The molecular formula is C27H32ClN5OS. The lowest BCUT2D eigenvalue weighted by atomic mass is 9.76. The number of nitriles is 1. The summed E-state index contributed by atoms with van der Waals surface area (Å²) in [6, 6.07) is 12.2. The SMILES string of the molecule is CC1CC2(CCN(C(=O)c3ccc(SC4CCNCC4)nc3)CC2)CN1c1ccc(C#N)c(Cl)c1. The fourth-order valence-electron chi connectivity index (χ4n) is 5.83. The molecule has 5 rings (SSSR count). The molecule has 4 heterocycles. The number of piperidine rings is 2. The van der Waals surface area contributed by atoms with E-state index in [0.717, 1.165) is 75.5 Å². The molecule has 1 aromatic carbocycles. The second kappa shape index (κ2) is 10.4. The summed E-state index contributed by atoms with van der Waals surface area (Å²) in [6.45, 7) is 6.92. The van der Waals surface area contributed by atoms with E-state index < -0.39 is 0 Å². The Balaban J connectivity index is 1.18. The highest BCUT2D eigenvalue weighted by atomic mass is 35.5. The average Bonchev–Trinajstić information content (AvgIpc) is 3.20. The molecule has 3 saturated heterocycles. The minimum Gasteiger partial charge on any atom is -0.368 e. The zero-order valence-electron chi connectivity index (χ0n) is 20.2. The zero-order chi connectivity index (χ0) is 24.4. The maximum atomic E-state index is 13.2. The number of pyridine rings is 1. The zero-order valence-corrected chi connectivity index (χ0v) is 21.7. The van der Waals surface area contributed by atoms with Crippen molar-refractivity contribution < 1.29 is 4.79 Å². The van der Waals surface area contributed by atoms with Gasteiger partial charge < -0.3 is 15.1 Å². The molecule has 0 radical (unpaired) electrons. The molecule has 2 aromatic rings. The molecule has 0 saturated carbocycles. The predicted molar refractivity (Wildman–Crippen MR) is 141 cm³/mol. The van der Waals surface area contributed by atoms with Gasteiger partial charge in [-0.15, -0.1) is 11.8 Å². The predicted octanol–water partition coefficient (Wildman–Crippen LogP) is 4.97. The molecule has 1 amide bonds. The molecule has 1 N–H and O–H groups in total. The lowest BCUT2D eigenvalue weighted by molar-refractivity contribution is 0.0606. The number of hydrogen-bond donors (Lipinski definition) is 1. The molecule has 35 heavy (non-hydrogen) atoms. The number of benzene rings is 1. The molecule has 1 unspecified atom stereocenters. The van der Waals surface area contributed by atoms with Crippen molar-refractivity contribution in [3.8, 4) is 6.07 Å². The molecule has 0 bridgehead atoms. The molecule has 0 aliphatic carbocycles. The summed E-state index contributed by atoms with van der Waals surface area (Å²) >= 11 is 8.13. The summed E-state index contributed by atoms with van der Waals surface area (Å²) in [4.78, 5) is 22.2. The normalized spacial score (nSPS) is 22.4. The van der Waals surface area contributed by atoms with Crippen LogP contribution in [0.3, 0.4) is 0 Å². The van der Waals surface area contributed by atoms with Crippen molar-refractivity contribution in [3.05, 3.63) is 52.7 Å². The fourth-order valence-corrected chi connectivity index (χ4v) is 7.12. The largest absolute Gasteiger partial charge is 0.368 e. The number of likely N-dealkylation sites (tertiary alicyclic amines) is 1. The van der Waals surface area contributed by atoms with Gasteiger partial charge in [0.1, 0.15) is 6.07 Å². The summed E-state index contributed by atoms with van der Waals surface area (Å²) in [5.41, 5.74) is 2.48. The van der Waals surface area contributed by atoms with Crippen LogP contribution in [-0.2, 0) is 0 Å². The first kappa shape index (κ1) is 24.4. The quantitative estimate of drug-likeness (QED) is 0.627. The van der Waals surface area contributed by atoms with Crippen molar-refractivity contribution in [1.29, 1.82) is 5.26 Å². The Hall–Kier alpha value is -2.27. The van der Waals surface area contributed by atoms with Crippen LogP contribution in [0.4, 0.5) is 5.69 Å². The topological polar surface area (TPSA) is 72.3 Å². The Morgan fingerprint density at radius 1 is 1.23 bits per heavy atom. The van der Waals surface area contributed by atoms with Crippen LogP contribution in [0.1, 0.15) is 54.9 Å². The molecule has 3 aliphatic heterocycles. The molecule has 3 aliphatic rings. The van der Waals surface area contributed by atoms with E-state index in [1.807, 2.05) is 40.9 Å². The number of carbonyl (C=O) groups excluding carboxylic acids is 1. The third-order valence-corrected chi connectivity index (χ3v) is 9.44. The maximum Gasteiger partial charge on any atom is 0.255 e. The van der Waals surface area contributed by atoms with E-state index in [2.05, 4.69) is 28.2 Å². The number of thioether (sulfide) groups is 1. The van der Waals surface area contributed by atoms with E-state index in [4.69, 9.17) is 11.6 Å². The third kappa shape index (κ3) is 5.30. The van der Waals surface area contributed by atoms with Gasteiger partial charge in [0.15, 0.2) is 0 Å². The van der Waals surface area contributed by atoms with Gasteiger partial charge in [0.05, 0.1) is 21.2 Å². The Bertz CT molecular complexity index is 1100. The van der Waals surface area contributed by atoms with Gasteiger partial charge in [0.25, 0.3) is 5.91 Å². The van der Waals surface area contributed by atoms with E-state index in [-0.39, 0.29) is 11.3 Å². The first-order valence-electron chi connectivity index (χ1n) is 12.6. The Morgan fingerprint density at radius 3 is 2.66 bits per heavy atom. The molecule has 1 aromatic heterocycles. The summed E-state index contributed by atoms with van der Waals surface area (Å²) in [5.74, 6) is 0.0903. The van der Waals surface area contributed by atoms with Gasteiger partial charge in [-0.3, -0.25) is 4.79 Å². The molecule has 3 fully saturated rings. The van der Waals surface area contributed by atoms with Crippen LogP contribution in [0.5, 0.6) is 0 Å². The molecule has 8 heteroatoms. The second-order valence-corrected chi connectivity index (χ2v) is 11.9. The third-order valence-electron chi connectivity index (χ3n) is 7.84. The molecule has 1 spiro atoms. The second-order valence-electron chi connectivity index (χ2n) is 10.2. The van der Waals surface area contributed by atoms with Crippen LogP contribution in [0.25, 0.3) is 0 Å². The van der Waals surface area contributed by atoms with E-state index >= 15 is 0 Å². The van der Waals surface area contributed by atoms with Gasteiger partial charge in [-0.1, -0.05) is 11.6 Å². The Kier molecular flexibility index (Phi) is 7.24. The lowest BCUT2D eigenvalue weighted by Gasteiger charge is -2.39. The Morgan fingerprint density at radius 2 is 2.00 bits per heavy atom. The number of hydrogen-bond acceptors (Lipinski definition) is 6. The first-order valence-corrected chi connectivity index (χ1v) is 13.8. The van der Waals surface area contributed by atoms with Crippen LogP contribution >= 0.6 is 23.4 Å². The highest BCUT2D eigenvalue weighted by Gasteiger charge is 2.44. The maximum absolute atomic E-state index is 13.2. The minimum atomic E-state index is 0.0903. The minimum absolute atomic E-state index is 0.0903. The van der Waals surface area contributed by atoms with Crippen LogP contribution in [0.2, 0.25) is 5.02 Å². The molecular weight excluding hydrogens is 478 g/mol. The summed E-state index contributed by atoms with van der Waals surface area (Å²) in [6.07, 6.45) is 7.19. The van der Waals surface area contributed by atoms with Gasteiger partial charge in [0, 0.05) is 42.8 Å². The summed E-state index contributed by atoms with van der Waals surface area (Å²) in [5, 5.41) is 14.7. The highest BCUT2D eigenvalue weighted by Crippen LogP contribution is 2.45. The van der Waals surface area contributed by atoms with Crippen molar-refractivity contribution >= 4 is 35.0 Å². The van der Waals surface area contributed by atoms with E-state index in [1.54, 1.807) is 12.3 Å². The number of nitrogens with zero attached hydrogens (tertiary/aromatic N) is 4. The molecule has 1 atom stereocenters. The van der Waals surface area contributed by atoms with Crippen LogP contribution < -0.4 is 10.2 Å². The average molecular weight is 510 g/mol. The number of nitrogens with one attached hydrogen (secondary N) is 1. The van der Waals surface area contributed by atoms with Gasteiger partial charge >= 0.3 is 0 Å². The first-order chi connectivity index (χ1) is 17.0. The van der Waals surface area contributed by atoms with Crippen LogP contribution in [-0.4, -0.2) is 59.8 Å². The standard InChI is InChI=1S/C27H32ClN5OS/c1-19-15-27(18-33(19)22-4-2-20(16-29)24(28)14-22)8-12-32(13-9-27)26(34)21-3-5-25(31-17-21)35-23-6-10-30-11-7-23/h2-5,14,17,19,23,30H,6-13,15,18H2,1H3. The van der Waals surface area contributed by atoms with Crippen LogP contribution in [0.15, 0.2) is 41.6 Å². The summed E-state index contributed by atoms with van der Waals surface area (Å²) < 4.78 is 0. The number of anilines is 1. The van der Waals surface area contributed by atoms with E-state index in [0.29, 0.717) is 27.4 Å². The number of carbonyl (C=O) groups is 1. The number of rotatable bonds is 4. The molecule has 184 valence electrons. The van der Waals surface area contributed by atoms with E-state index in [1.165, 1.54) is 0 Å². The monoisotopic (exact) mass is 509 g/mol. The van der Waals surface area contributed by atoms with Crippen molar-refractivity contribution in [2.24, 2.45) is 5.41 Å². The van der Waals surface area contributed by atoms with Gasteiger partial charge in [-0.2, -0.15) is 5.26 Å². The van der Waals surface area contributed by atoms with Gasteiger partial charge in [-0.25, -0.2) is 4.98 Å². The van der Waals surface area contributed by atoms with Gasteiger partial charge in [-0.05, 0) is 87.9 Å². The fraction of sp³-hybridized carbons (Fsp3) is 0.519. The smallest absolute Gasteiger partial charge is 0.255 e. The number of amides is 1. The van der Waals surface area contributed by atoms with Crippen LogP contribution in [0, 0.1) is 16.7 Å². The van der Waals surface area contributed by atoms with Gasteiger partial charge in [0.2, 0.25) is 0 Å².